The van der Waals surface area contributed by atoms with Crippen LogP contribution < -0.4 is 4.74 Å². The molecule has 1 aromatic rings. The summed E-state index contributed by atoms with van der Waals surface area (Å²) in [5, 5.41) is 8.89. The van der Waals surface area contributed by atoms with E-state index in [2.05, 4.69) is 0 Å². The third-order valence-electron chi connectivity index (χ3n) is 2.98. The Kier molecular flexibility index (Phi) is 3.66. The second-order valence-electron chi connectivity index (χ2n) is 4.24. The van der Waals surface area contributed by atoms with E-state index in [1.54, 1.807) is 7.11 Å². The zero-order chi connectivity index (χ0) is 12.3. The van der Waals surface area contributed by atoms with E-state index >= 15 is 0 Å². The number of rotatable bonds is 4. The molecule has 94 valence electrons. The van der Waals surface area contributed by atoms with Gasteiger partial charge in [-0.3, -0.25) is 0 Å². The molecule has 0 spiro atoms. The van der Waals surface area contributed by atoms with Crippen molar-refractivity contribution in [1.82, 2.24) is 0 Å². The first-order valence-corrected chi connectivity index (χ1v) is 5.75. The van der Waals surface area contributed by atoms with Crippen LogP contribution in [-0.2, 0) is 15.3 Å². The van der Waals surface area contributed by atoms with E-state index in [0.29, 0.717) is 13.0 Å². The first-order chi connectivity index (χ1) is 8.18. The molecular formula is C13H18O4. The normalized spacial score (nSPS) is 28.3. The van der Waals surface area contributed by atoms with Crippen LogP contribution in [0.3, 0.4) is 0 Å². The van der Waals surface area contributed by atoms with Gasteiger partial charge in [0.05, 0.1) is 19.8 Å². The van der Waals surface area contributed by atoms with Gasteiger partial charge in [-0.15, -0.1) is 0 Å². The van der Waals surface area contributed by atoms with E-state index in [0.717, 1.165) is 11.3 Å². The molecule has 2 rings (SSSR count). The number of aliphatic hydroxyl groups is 1. The van der Waals surface area contributed by atoms with Gasteiger partial charge in [-0.2, -0.15) is 0 Å². The van der Waals surface area contributed by atoms with E-state index in [-0.39, 0.29) is 12.7 Å². The Bertz CT molecular complexity index is 379. The molecule has 1 fully saturated rings. The summed E-state index contributed by atoms with van der Waals surface area (Å²) in [6.45, 7) is 2.51. The van der Waals surface area contributed by atoms with Crippen molar-refractivity contribution >= 4 is 0 Å². The molecule has 2 atom stereocenters. The molecular weight excluding hydrogens is 220 g/mol. The van der Waals surface area contributed by atoms with Crippen LogP contribution in [0.15, 0.2) is 24.3 Å². The maximum absolute atomic E-state index is 8.89. The second kappa shape index (κ2) is 5.04. The molecule has 17 heavy (non-hydrogen) atoms. The first-order valence-electron chi connectivity index (χ1n) is 5.75. The van der Waals surface area contributed by atoms with Crippen LogP contribution in [-0.4, -0.2) is 31.5 Å². The highest BCUT2D eigenvalue weighted by Crippen LogP contribution is 2.35. The summed E-state index contributed by atoms with van der Waals surface area (Å²) in [6, 6.07) is 7.64. The SMILES string of the molecule is COc1cccc(C2(C)OCC(CCO)O2)c1. The maximum atomic E-state index is 8.89. The van der Waals surface area contributed by atoms with Crippen LogP contribution >= 0.6 is 0 Å². The van der Waals surface area contributed by atoms with Crippen molar-refractivity contribution in [2.75, 3.05) is 20.3 Å². The Balaban J connectivity index is 2.15. The first kappa shape index (κ1) is 12.4. The van der Waals surface area contributed by atoms with Gasteiger partial charge in [0.25, 0.3) is 0 Å². The fourth-order valence-electron chi connectivity index (χ4n) is 1.98. The van der Waals surface area contributed by atoms with Gasteiger partial charge in [-0.25, -0.2) is 0 Å². The van der Waals surface area contributed by atoms with Crippen molar-refractivity contribution in [2.45, 2.75) is 25.2 Å². The van der Waals surface area contributed by atoms with Crippen LogP contribution in [0.5, 0.6) is 5.75 Å². The van der Waals surface area contributed by atoms with Crippen molar-refractivity contribution in [2.24, 2.45) is 0 Å². The van der Waals surface area contributed by atoms with Crippen molar-refractivity contribution in [1.29, 1.82) is 0 Å². The number of methoxy groups -OCH3 is 1. The van der Waals surface area contributed by atoms with Gasteiger partial charge in [-0.1, -0.05) is 12.1 Å². The zero-order valence-electron chi connectivity index (χ0n) is 10.2. The fourth-order valence-corrected chi connectivity index (χ4v) is 1.98. The predicted molar refractivity (Wildman–Crippen MR) is 62.9 cm³/mol. The molecule has 4 nitrogen and oxygen atoms in total. The topological polar surface area (TPSA) is 47.9 Å². The summed E-state index contributed by atoms with van der Waals surface area (Å²) in [7, 11) is 1.63. The Labute approximate surface area is 101 Å². The minimum Gasteiger partial charge on any atom is -0.497 e. The molecule has 0 amide bonds. The molecule has 1 aromatic carbocycles. The van der Waals surface area contributed by atoms with Crippen LogP contribution in [0.2, 0.25) is 0 Å². The van der Waals surface area contributed by atoms with Crippen LogP contribution in [0.4, 0.5) is 0 Å². The minimum absolute atomic E-state index is 0.0452. The van der Waals surface area contributed by atoms with Gasteiger partial charge in [0.2, 0.25) is 0 Å². The summed E-state index contributed by atoms with van der Waals surface area (Å²) in [4.78, 5) is 0. The lowest BCUT2D eigenvalue weighted by Crippen LogP contribution is -2.24. The van der Waals surface area contributed by atoms with Crippen molar-refractivity contribution in [3.8, 4) is 5.75 Å². The summed E-state index contributed by atoms with van der Waals surface area (Å²) in [6.07, 6.45) is 0.552. The van der Waals surface area contributed by atoms with Crippen LogP contribution in [0.1, 0.15) is 18.9 Å². The molecule has 0 saturated carbocycles. The Morgan fingerprint density at radius 2 is 2.35 bits per heavy atom. The smallest absolute Gasteiger partial charge is 0.192 e. The monoisotopic (exact) mass is 238 g/mol. The number of ether oxygens (including phenoxy) is 3. The molecule has 0 radical (unpaired) electrons. The Morgan fingerprint density at radius 3 is 3.06 bits per heavy atom. The molecule has 1 saturated heterocycles. The highest BCUT2D eigenvalue weighted by atomic mass is 16.7. The predicted octanol–water partition coefficient (Wildman–Crippen LogP) is 1.67. The standard InChI is InChI=1S/C13H18O4/c1-13(16-9-12(17-13)6-7-14)10-4-3-5-11(8-10)15-2/h3-5,8,12,14H,6-7,9H2,1-2H3. The van der Waals surface area contributed by atoms with Crippen molar-refractivity contribution < 1.29 is 19.3 Å². The number of hydrogen-bond donors (Lipinski definition) is 1. The van der Waals surface area contributed by atoms with Gasteiger partial charge in [-0.05, 0) is 25.5 Å². The van der Waals surface area contributed by atoms with Crippen LogP contribution in [0.25, 0.3) is 0 Å². The number of benzene rings is 1. The van der Waals surface area contributed by atoms with Gasteiger partial charge in [0.1, 0.15) is 5.75 Å². The van der Waals surface area contributed by atoms with E-state index in [9.17, 15) is 0 Å². The average Bonchev–Trinajstić information content (AvgIpc) is 2.73. The maximum Gasteiger partial charge on any atom is 0.192 e. The van der Waals surface area contributed by atoms with E-state index in [4.69, 9.17) is 19.3 Å². The highest BCUT2D eigenvalue weighted by molar-refractivity contribution is 5.31. The summed E-state index contributed by atoms with van der Waals surface area (Å²) >= 11 is 0. The molecule has 1 N–H and O–H groups in total. The van der Waals surface area contributed by atoms with Gasteiger partial charge in [0.15, 0.2) is 5.79 Å². The van der Waals surface area contributed by atoms with E-state index in [1.807, 2.05) is 31.2 Å². The Hall–Kier alpha value is -1.10. The lowest BCUT2D eigenvalue weighted by molar-refractivity contribution is -0.163. The molecule has 2 unspecified atom stereocenters. The Morgan fingerprint density at radius 1 is 1.53 bits per heavy atom. The quantitative estimate of drug-likeness (QED) is 0.866. The van der Waals surface area contributed by atoms with Crippen LogP contribution in [0, 0.1) is 0 Å². The molecule has 4 heteroatoms. The minimum atomic E-state index is -0.742. The summed E-state index contributed by atoms with van der Waals surface area (Å²) < 4.78 is 16.7. The zero-order valence-corrected chi connectivity index (χ0v) is 10.2. The van der Waals surface area contributed by atoms with Crippen molar-refractivity contribution in [3.63, 3.8) is 0 Å². The number of aliphatic hydroxyl groups excluding tert-OH is 1. The highest BCUT2D eigenvalue weighted by Gasteiger charge is 2.38. The average molecular weight is 238 g/mol. The molecule has 1 aliphatic rings. The lowest BCUT2D eigenvalue weighted by Gasteiger charge is -2.24. The lowest BCUT2D eigenvalue weighted by atomic mass is 10.1. The third-order valence-corrected chi connectivity index (χ3v) is 2.98. The van der Waals surface area contributed by atoms with E-state index in [1.165, 1.54) is 0 Å². The van der Waals surface area contributed by atoms with E-state index < -0.39 is 5.79 Å². The fraction of sp³-hybridized carbons (Fsp3) is 0.538. The summed E-state index contributed by atoms with van der Waals surface area (Å²) in [5.74, 6) is 0.0375. The largest absolute Gasteiger partial charge is 0.497 e. The molecule has 0 aliphatic carbocycles. The number of hydrogen-bond acceptors (Lipinski definition) is 4. The molecule has 0 bridgehead atoms. The molecule has 1 aliphatic heterocycles. The van der Waals surface area contributed by atoms with Gasteiger partial charge in [0, 0.05) is 12.2 Å². The summed E-state index contributed by atoms with van der Waals surface area (Å²) in [5.41, 5.74) is 0.928. The van der Waals surface area contributed by atoms with Crippen molar-refractivity contribution in [3.05, 3.63) is 29.8 Å². The molecule has 0 aromatic heterocycles. The van der Waals surface area contributed by atoms with Gasteiger partial charge < -0.3 is 19.3 Å². The van der Waals surface area contributed by atoms with Gasteiger partial charge >= 0.3 is 0 Å². The molecule has 1 heterocycles. The third kappa shape index (κ3) is 2.60. The second-order valence-corrected chi connectivity index (χ2v) is 4.24.